The van der Waals surface area contributed by atoms with Crippen LogP contribution in [0.25, 0.3) is 0 Å². The highest BCUT2D eigenvalue weighted by Gasteiger charge is 2.09. The Morgan fingerprint density at radius 2 is 2.17 bits per heavy atom. The van der Waals surface area contributed by atoms with Gasteiger partial charge in [-0.25, -0.2) is 4.98 Å². The number of aromatic amines is 1. The third-order valence-corrected chi connectivity index (χ3v) is 3.64. The van der Waals surface area contributed by atoms with Crippen molar-refractivity contribution in [3.8, 4) is 0 Å². The number of nitrogens with two attached hydrogens (primary N) is 1. The van der Waals surface area contributed by atoms with E-state index in [2.05, 4.69) is 9.97 Å². The first-order valence-electron chi connectivity index (χ1n) is 5.66. The molecule has 1 unspecified atom stereocenters. The van der Waals surface area contributed by atoms with E-state index in [4.69, 9.17) is 5.73 Å². The highest BCUT2D eigenvalue weighted by molar-refractivity contribution is 7.99. The van der Waals surface area contributed by atoms with Gasteiger partial charge < -0.3 is 10.7 Å². The fraction of sp³-hybridized carbons (Fsp3) is 0.231. The van der Waals surface area contributed by atoms with Crippen LogP contribution in [0.3, 0.4) is 0 Å². The molecule has 3 N–H and O–H groups in total. The lowest BCUT2D eigenvalue weighted by Crippen LogP contribution is -2.15. The number of benzene rings is 1. The zero-order valence-corrected chi connectivity index (χ0v) is 10.9. The molecule has 0 amide bonds. The Hall–Kier alpha value is -1.59. The maximum absolute atomic E-state index is 11.1. The lowest BCUT2D eigenvalue weighted by molar-refractivity contribution is 0.817. The molecular formula is C13H15N3OS. The predicted octanol–water partition coefficient (Wildman–Crippen LogP) is 1.87. The van der Waals surface area contributed by atoms with E-state index in [1.807, 2.05) is 31.2 Å². The summed E-state index contributed by atoms with van der Waals surface area (Å²) in [5.41, 5.74) is 8.31. The van der Waals surface area contributed by atoms with E-state index in [9.17, 15) is 4.79 Å². The minimum absolute atomic E-state index is 0.0679. The van der Waals surface area contributed by atoms with E-state index >= 15 is 0 Å². The second-order valence-corrected chi connectivity index (χ2v) is 5.02. The molecule has 0 fully saturated rings. The Morgan fingerprint density at radius 1 is 1.39 bits per heavy atom. The Labute approximate surface area is 110 Å². The van der Waals surface area contributed by atoms with Crippen LogP contribution >= 0.6 is 11.8 Å². The van der Waals surface area contributed by atoms with Crippen molar-refractivity contribution in [2.24, 2.45) is 5.73 Å². The molecule has 0 radical (unpaired) electrons. The van der Waals surface area contributed by atoms with Gasteiger partial charge in [-0.2, -0.15) is 0 Å². The van der Waals surface area contributed by atoms with Crippen LogP contribution in [0.2, 0.25) is 0 Å². The number of nitrogens with zero attached hydrogens (tertiary/aromatic N) is 1. The van der Waals surface area contributed by atoms with Crippen LogP contribution < -0.4 is 11.3 Å². The molecule has 1 aromatic carbocycles. The van der Waals surface area contributed by atoms with Gasteiger partial charge in [0.1, 0.15) is 0 Å². The molecule has 2 aromatic rings. The summed E-state index contributed by atoms with van der Waals surface area (Å²) in [5, 5.41) is 0.603. The van der Waals surface area contributed by atoms with Crippen LogP contribution in [0.15, 0.2) is 46.5 Å². The van der Waals surface area contributed by atoms with Gasteiger partial charge in [-0.05, 0) is 18.1 Å². The van der Waals surface area contributed by atoms with E-state index in [0.29, 0.717) is 10.9 Å². The van der Waals surface area contributed by atoms with E-state index in [-0.39, 0.29) is 11.6 Å². The number of rotatable bonds is 4. The summed E-state index contributed by atoms with van der Waals surface area (Å²) in [4.78, 5) is 17.9. The molecule has 1 aromatic heterocycles. The van der Waals surface area contributed by atoms with Gasteiger partial charge in [0.2, 0.25) is 0 Å². The van der Waals surface area contributed by atoms with Crippen molar-refractivity contribution in [2.45, 2.75) is 18.1 Å². The molecule has 94 valence electrons. The maximum Gasteiger partial charge on any atom is 0.251 e. The summed E-state index contributed by atoms with van der Waals surface area (Å²) in [5.74, 6) is 0.678. The first kappa shape index (κ1) is 12.9. The molecule has 1 heterocycles. The van der Waals surface area contributed by atoms with Crippen molar-refractivity contribution in [1.29, 1.82) is 0 Å². The van der Waals surface area contributed by atoms with Gasteiger partial charge in [-0.1, -0.05) is 36.0 Å². The van der Waals surface area contributed by atoms with Gasteiger partial charge in [0, 0.05) is 24.1 Å². The van der Waals surface area contributed by atoms with Crippen LogP contribution in [0.1, 0.15) is 17.2 Å². The molecule has 4 nitrogen and oxygen atoms in total. The summed E-state index contributed by atoms with van der Waals surface area (Å²) in [7, 11) is 0. The number of H-pyrrole nitrogens is 1. The van der Waals surface area contributed by atoms with Gasteiger partial charge in [-0.15, -0.1) is 0 Å². The van der Waals surface area contributed by atoms with Crippen molar-refractivity contribution in [1.82, 2.24) is 9.97 Å². The van der Waals surface area contributed by atoms with E-state index in [1.165, 1.54) is 29.6 Å². The molecule has 5 heteroatoms. The van der Waals surface area contributed by atoms with Crippen LogP contribution in [-0.4, -0.2) is 15.7 Å². The Kier molecular flexibility index (Phi) is 4.17. The van der Waals surface area contributed by atoms with Gasteiger partial charge in [0.05, 0.1) is 0 Å². The average Bonchev–Trinajstić information content (AvgIpc) is 2.37. The quantitative estimate of drug-likeness (QED) is 0.651. The average molecular weight is 261 g/mol. The molecule has 0 spiro atoms. The Bertz CT molecular complexity index is 582. The minimum atomic E-state index is -0.142. The topological polar surface area (TPSA) is 71.8 Å². The second kappa shape index (κ2) is 5.84. The zero-order chi connectivity index (χ0) is 13.0. The number of thioether (sulfide) groups is 1. The third kappa shape index (κ3) is 3.21. The molecule has 18 heavy (non-hydrogen) atoms. The number of hydrogen-bond donors (Lipinski definition) is 2. The van der Waals surface area contributed by atoms with Crippen molar-refractivity contribution >= 4 is 11.8 Å². The molecule has 0 aliphatic rings. The lowest BCUT2D eigenvalue weighted by atomic mass is 10.0. The van der Waals surface area contributed by atoms with E-state index < -0.39 is 0 Å². The number of hydrogen-bond acceptors (Lipinski definition) is 4. The Balaban J connectivity index is 2.03. The molecular weight excluding hydrogens is 246 g/mol. The summed E-state index contributed by atoms with van der Waals surface area (Å²) in [6.07, 6.45) is 1.50. The fourth-order valence-corrected chi connectivity index (χ4v) is 2.51. The first-order chi connectivity index (χ1) is 8.66. The van der Waals surface area contributed by atoms with E-state index in [1.54, 1.807) is 0 Å². The molecule has 0 aliphatic carbocycles. The van der Waals surface area contributed by atoms with Crippen LogP contribution in [-0.2, 0) is 0 Å². The number of aryl methyl sites for hydroxylation is 1. The van der Waals surface area contributed by atoms with Gasteiger partial charge >= 0.3 is 0 Å². The van der Waals surface area contributed by atoms with Crippen molar-refractivity contribution in [2.75, 3.05) is 5.75 Å². The molecule has 0 aliphatic heterocycles. The number of aromatic nitrogens is 2. The molecule has 0 saturated heterocycles. The third-order valence-electron chi connectivity index (χ3n) is 2.64. The number of nitrogens with one attached hydrogen (secondary N) is 1. The van der Waals surface area contributed by atoms with Crippen molar-refractivity contribution in [3.05, 3.63) is 58.0 Å². The SMILES string of the molecule is Cc1ccccc1C(N)CSc1nccc(=O)[nH]1. The Morgan fingerprint density at radius 3 is 2.89 bits per heavy atom. The second-order valence-electron chi connectivity index (χ2n) is 4.01. The molecule has 1 atom stereocenters. The van der Waals surface area contributed by atoms with Crippen LogP contribution in [0.5, 0.6) is 0 Å². The first-order valence-corrected chi connectivity index (χ1v) is 6.64. The van der Waals surface area contributed by atoms with E-state index in [0.717, 1.165) is 5.56 Å². The van der Waals surface area contributed by atoms with Gasteiger partial charge in [-0.3, -0.25) is 4.79 Å². The molecule has 0 bridgehead atoms. The highest BCUT2D eigenvalue weighted by atomic mass is 32.2. The van der Waals surface area contributed by atoms with Crippen molar-refractivity contribution in [3.63, 3.8) is 0 Å². The van der Waals surface area contributed by atoms with Gasteiger partial charge in [0.25, 0.3) is 5.56 Å². The smallest absolute Gasteiger partial charge is 0.251 e. The highest BCUT2D eigenvalue weighted by Crippen LogP contribution is 2.21. The summed E-state index contributed by atoms with van der Waals surface area (Å²) >= 11 is 1.45. The monoisotopic (exact) mass is 261 g/mol. The van der Waals surface area contributed by atoms with Crippen LogP contribution in [0.4, 0.5) is 0 Å². The molecule has 2 rings (SSSR count). The summed E-state index contributed by atoms with van der Waals surface area (Å²) in [6.45, 7) is 2.04. The van der Waals surface area contributed by atoms with Crippen molar-refractivity contribution < 1.29 is 0 Å². The van der Waals surface area contributed by atoms with Crippen LogP contribution in [0, 0.1) is 6.92 Å². The zero-order valence-electron chi connectivity index (χ0n) is 10.1. The van der Waals surface area contributed by atoms with Gasteiger partial charge in [0.15, 0.2) is 5.16 Å². The fourth-order valence-electron chi connectivity index (χ4n) is 1.69. The summed E-state index contributed by atoms with van der Waals surface area (Å²) < 4.78 is 0. The largest absolute Gasteiger partial charge is 0.323 e. The normalized spacial score (nSPS) is 12.3. The minimum Gasteiger partial charge on any atom is -0.323 e. The standard InChI is InChI=1S/C13H15N3OS/c1-9-4-2-3-5-10(9)11(14)8-18-13-15-7-6-12(17)16-13/h2-7,11H,8,14H2,1H3,(H,15,16,17). The predicted molar refractivity (Wildman–Crippen MR) is 73.7 cm³/mol. The summed E-state index contributed by atoms with van der Waals surface area (Å²) in [6, 6.07) is 9.38. The lowest BCUT2D eigenvalue weighted by Gasteiger charge is -2.13. The molecule has 0 saturated carbocycles. The maximum atomic E-state index is 11.1.